The lowest BCUT2D eigenvalue weighted by molar-refractivity contribution is -0.514. The summed E-state index contributed by atoms with van der Waals surface area (Å²) in [5.74, 6) is 0.229. The van der Waals surface area contributed by atoms with Crippen LogP contribution in [0.15, 0.2) is 54.6 Å². The molecule has 0 atom stereocenters. The van der Waals surface area contributed by atoms with E-state index in [1.165, 1.54) is 17.4 Å². The fourth-order valence-electron chi connectivity index (χ4n) is 2.73. The van der Waals surface area contributed by atoms with Crippen molar-refractivity contribution in [2.45, 2.75) is 31.4 Å². The van der Waals surface area contributed by atoms with Crippen LogP contribution >= 0.6 is 11.3 Å². The number of hydrogen-bond acceptors (Lipinski definition) is 5. The summed E-state index contributed by atoms with van der Waals surface area (Å²) >= 11 is 1.46. The average molecular weight is 480 g/mol. The molecular weight excluding hydrogens is 462 g/mol. The van der Waals surface area contributed by atoms with Crippen molar-refractivity contribution >= 4 is 21.4 Å². The van der Waals surface area contributed by atoms with Crippen molar-refractivity contribution < 1.29 is 45.7 Å². The van der Waals surface area contributed by atoms with Crippen molar-refractivity contribution in [2.75, 3.05) is 13.2 Å². The van der Waals surface area contributed by atoms with Crippen LogP contribution in [-0.2, 0) is 9.47 Å². The zero-order valence-electron chi connectivity index (χ0n) is 16.4. The van der Waals surface area contributed by atoms with Gasteiger partial charge in [-0.05, 0) is 35.2 Å². The van der Waals surface area contributed by atoms with Crippen LogP contribution in [-0.4, -0.2) is 36.8 Å². The van der Waals surface area contributed by atoms with Crippen molar-refractivity contribution in [1.82, 2.24) is 0 Å². The number of fused-ring (bicyclic) bond motifs is 1. The van der Waals surface area contributed by atoms with Gasteiger partial charge in [0.2, 0.25) is 0 Å². The summed E-state index contributed by atoms with van der Waals surface area (Å²) in [5.41, 5.74) is 1.01. The van der Waals surface area contributed by atoms with Crippen LogP contribution in [0.1, 0.15) is 12.8 Å². The lowest BCUT2D eigenvalue weighted by Gasteiger charge is -2.26. The largest absolute Gasteiger partial charge is 0.494 e. The standard InChI is InChI=1S/C21H18F6O4S/c22-19(23,8-10-28)30-21(26,27)31-20(24,25)9-11-29-16-7-6-15-12-17(32-18(15)13-16)14-4-2-1-3-5-14/h1-7,12-13,28H,8-11H2. The van der Waals surface area contributed by atoms with Crippen LogP contribution in [0.3, 0.4) is 0 Å². The second-order valence-electron chi connectivity index (χ2n) is 6.69. The second-order valence-corrected chi connectivity index (χ2v) is 7.77. The van der Waals surface area contributed by atoms with Gasteiger partial charge in [-0.2, -0.15) is 17.6 Å². The third-order valence-corrected chi connectivity index (χ3v) is 5.30. The number of benzene rings is 2. The SMILES string of the molecule is OCCC(F)(F)OC(F)(F)OC(F)(F)CCOc1ccc2cc(-c3ccccc3)sc2c1. The van der Waals surface area contributed by atoms with Crippen LogP contribution in [0, 0.1) is 0 Å². The smallest absolute Gasteiger partial charge is 0.493 e. The molecule has 0 amide bonds. The Hall–Kier alpha value is -2.34. The lowest BCUT2D eigenvalue weighted by Crippen LogP contribution is -2.41. The monoisotopic (exact) mass is 480 g/mol. The van der Waals surface area contributed by atoms with Gasteiger partial charge in [-0.25, -0.2) is 9.47 Å². The molecule has 0 aliphatic heterocycles. The van der Waals surface area contributed by atoms with Gasteiger partial charge in [0.15, 0.2) is 0 Å². The van der Waals surface area contributed by atoms with E-state index in [-0.39, 0.29) is 5.75 Å². The highest BCUT2D eigenvalue weighted by Gasteiger charge is 2.51. The van der Waals surface area contributed by atoms with Gasteiger partial charge in [-0.3, -0.25) is 0 Å². The first-order valence-electron chi connectivity index (χ1n) is 9.35. The fourth-order valence-corrected chi connectivity index (χ4v) is 3.83. The van der Waals surface area contributed by atoms with Gasteiger partial charge < -0.3 is 9.84 Å². The van der Waals surface area contributed by atoms with Crippen molar-refractivity contribution in [3.8, 4) is 16.2 Å². The van der Waals surface area contributed by atoms with E-state index in [1.54, 1.807) is 12.1 Å². The van der Waals surface area contributed by atoms with Crippen molar-refractivity contribution in [2.24, 2.45) is 0 Å². The highest BCUT2D eigenvalue weighted by Crippen LogP contribution is 2.37. The first-order chi connectivity index (χ1) is 15.0. The summed E-state index contributed by atoms with van der Waals surface area (Å²) in [5, 5.41) is 9.28. The fraction of sp³-hybridized carbons (Fsp3) is 0.333. The highest BCUT2D eigenvalue weighted by atomic mass is 32.1. The van der Waals surface area contributed by atoms with Gasteiger partial charge in [-0.15, -0.1) is 20.1 Å². The molecule has 174 valence electrons. The first kappa shape index (κ1) is 24.3. The Morgan fingerprint density at radius 3 is 2.12 bits per heavy atom. The van der Waals surface area contributed by atoms with Crippen LogP contribution in [0.2, 0.25) is 0 Å². The van der Waals surface area contributed by atoms with Crippen LogP contribution in [0.5, 0.6) is 5.75 Å². The molecule has 1 heterocycles. The molecule has 0 spiro atoms. The maximum atomic E-state index is 13.7. The minimum Gasteiger partial charge on any atom is -0.493 e. The molecule has 0 aliphatic rings. The predicted octanol–water partition coefficient (Wildman–Crippen LogP) is 6.49. The van der Waals surface area contributed by atoms with E-state index < -0.39 is 44.6 Å². The molecule has 0 aliphatic carbocycles. The van der Waals surface area contributed by atoms with E-state index in [0.29, 0.717) is 0 Å². The number of hydrogen-bond donors (Lipinski definition) is 1. The van der Waals surface area contributed by atoms with Crippen LogP contribution < -0.4 is 4.74 Å². The number of alkyl halides is 6. The molecule has 3 rings (SSSR count). The molecule has 2 aromatic carbocycles. The molecule has 4 nitrogen and oxygen atoms in total. The summed E-state index contributed by atoms with van der Waals surface area (Å²) in [6.07, 6.45) is -17.2. The molecule has 0 bridgehead atoms. The van der Waals surface area contributed by atoms with Gasteiger partial charge in [0.05, 0.1) is 26.1 Å². The Bertz CT molecular complexity index is 1030. The number of ether oxygens (including phenoxy) is 3. The Kier molecular flexibility index (Phi) is 7.33. The summed E-state index contributed by atoms with van der Waals surface area (Å²) in [4.78, 5) is 0.998. The summed E-state index contributed by atoms with van der Waals surface area (Å²) in [6, 6.07) is 16.5. The number of aliphatic hydroxyl groups excluding tert-OH is 1. The minimum absolute atomic E-state index is 0.229. The Morgan fingerprint density at radius 1 is 0.812 bits per heavy atom. The maximum absolute atomic E-state index is 13.7. The molecular formula is C21H18F6O4S. The Labute approximate surface area is 182 Å². The third kappa shape index (κ3) is 6.83. The van der Waals surface area contributed by atoms with Gasteiger partial charge in [0, 0.05) is 9.58 Å². The predicted molar refractivity (Wildman–Crippen MR) is 106 cm³/mol. The zero-order valence-corrected chi connectivity index (χ0v) is 17.2. The Balaban J connectivity index is 1.57. The molecule has 0 radical (unpaired) electrons. The second kappa shape index (κ2) is 9.65. The van der Waals surface area contributed by atoms with Gasteiger partial charge in [-0.1, -0.05) is 30.3 Å². The third-order valence-electron chi connectivity index (χ3n) is 4.15. The number of rotatable bonds is 11. The maximum Gasteiger partial charge on any atom is 0.494 e. The molecule has 1 aromatic heterocycles. The van der Waals surface area contributed by atoms with Gasteiger partial charge in [0.1, 0.15) is 5.75 Å². The van der Waals surface area contributed by atoms with Crippen LogP contribution in [0.25, 0.3) is 20.5 Å². The van der Waals surface area contributed by atoms with Crippen LogP contribution in [0.4, 0.5) is 26.3 Å². The van der Waals surface area contributed by atoms with E-state index in [1.807, 2.05) is 36.4 Å². The molecule has 3 aromatic rings. The van der Waals surface area contributed by atoms with Crippen molar-refractivity contribution in [1.29, 1.82) is 0 Å². The van der Waals surface area contributed by atoms with Gasteiger partial charge in [0.25, 0.3) is 0 Å². The topological polar surface area (TPSA) is 47.9 Å². The Morgan fingerprint density at radius 2 is 1.47 bits per heavy atom. The van der Waals surface area contributed by atoms with E-state index in [4.69, 9.17) is 9.84 Å². The van der Waals surface area contributed by atoms with Crippen molar-refractivity contribution in [3.63, 3.8) is 0 Å². The van der Waals surface area contributed by atoms with E-state index >= 15 is 0 Å². The summed E-state index contributed by atoms with van der Waals surface area (Å²) in [6.45, 7) is -1.91. The highest BCUT2D eigenvalue weighted by molar-refractivity contribution is 7.22. The first-order valence-corrected chi connectivity index (χ1v) is 10.2. The van der Waals surface area contributed by atoms with Crippen molar-refractivity contribution in [3.05, 3.63) is 54.6 Å². The van der Waals surface area contributed by atoms with E-state index in [0.717, 1.165) is 20.5 Å². The lowest BCUT2D eigenvalue weighted by atomic mass is 10.1. The van der Waals surface area contributed by atoms with E-state index in [2.05, 4.69) is 9.47 Å². The number of thiophene rings is 1. The molecule has 0 saturated heterocycles. The molecule has 32 heavy (non-hydrogen) atoms. The average Bonchev–Trinajstić information content (AvgIpc) is 3.10. The van der Waals surface area contributed by atoms with E-state index in [9.17, 15) is 26.3 Å². The number of halogens is 6. The summed E-state index contributed by atoms with van der Waals surface area (Å²) in [7, 11) is 0. The summed E-state index contributed by atoms with van der Waals surface area (Å²) < 4.78 is 92.0. The molecule has 1 N–H and O–H groups in total. The molecule has 0 fully saturated rings. The quantitative estimate of drug-likeness (QED) is 0.252. The minimum atomic E-state index is -5.27. The number of aliphatic hydroxyl groups is 1. The zero-order chi connectivity index (χ0) is 23.4. The molecule has 0 saturated carbocycles. The molecule has 11 heteroatoms. The normalized spacial score (nSPS) is 13.0. The van der Waals surface area contributed by atoms with Gasteiger partial charge >= 0.3 is 18.5 Å². The molecule has 0 unspecified atom stereocenters.